The van der Waals surface area contributed by atoms with E-state index in [-0.39, 0.29) is 6.54 Å². The van der Waals surface area contributed by atoms with Crippen molar-refractivity contribution in [1.82, 2.24) is 0 Å². The lowest BCUT2D eigenvalue weighted by atomic mass is 9.88. The first kappa shape index (κ1) is 12.6. The Morgan fingerprint density at radius 1 is 1.50 bits per heavy atom. The maximum atomic E-state index is 10.7. The van der Waals surface area contributed by atoms with Crippen molar-refractivity contribution in [2.75, 3.05) is 6.54 Å². The molecule has 4 nitrogen and oxygen atoms in total. The summed E-state index contributed by atoms with van der Waals surface area (Å²) in [6, 6.07) is 6.89. The molecule has 1 rings (SSSR count). The van der Waals surface area contributed by atoms with E-state index in [1.165, 1.54) is 0 Å². The Morgan fingerprint density at radius 2 is 2.12 bits per heavy atom. The van der Waals surface area contributed by atoms with E-state index in [1.54, 1.807) is 31.2 Å². The highest BCUT2D eigenvalue weighted by Crippen LogP contribution is 2.29. The van der Waals surface area contributed by atoms with E-state index in [4.69, 9.17) is 11.6 Å². The minimum atomic E-state index is -0.471. The second-order valence-electron chi connectivity index (χ2n) is 3.64. The van der Waals surface area contributed by atoms with Crippen molar-refractivity contribution in [2.24, 2.45) is 5.92 Å². The topological polar surface area (TPSA) is 60.2 Å². The van der Waals surface area contributed by atoms with Gasteiger partial charge in [0.25, 0.3) is 0 Å². The van der Waals surface area contributed by atoms with Crippen LogP contribution in [0.25, 0.3) is 0 Å². The molecular formula is C11H12ClNO3. The van der Waals surface area contributed by atoms with Crippen LogP contribution in [0.4, 0.5) is 0 Å². The van der Waals surface area contributed by atoms with Crippen LogP contribution in [-0.4, -0.2) is 17.8 Å². The number of aldehydes is 1. The number of hydrogen-bond acceptors (Lipinski definition) is 3. The summed E-state index contributed by atoms with van der Waals surface area (Å²) in [5.41, 5.74) is 0.653. The van der Waals surface area contributed by atoms with Crippen molar-refractivity contribution in [3.05, 3.63) is 45.0 Å². The predicted molar refractivity (Wildman–Crippen MR) is 61.3 cm³/mol. The van der Waals surface area contributed by atoms with Gasteiger partial charge in [-0.15, -0.1) is 0 Å². The van der Waals surface area contributed by atoms with Crippen LogP contribution in [0.15, 0.2) is 24.3 Å². The molecule has 0 N–H and O–H groups in total. The Kier molecular flexibility index (Phi) is 4.43. The highest BCUT2D eigenvalue weighted by molar-refractivity contribution is 6.31. The summed E-state index contributed by atoms with van der Waals surface area (Å²) >= 11 is 5.96. The monoisotopic (exact) mass is 241 g/mol. The van der Waals surface area contributed by atoms with E-state index < -0.39 is 16.8 Å². The molecule has 0 saturated carbocycles. The molecule has 0 saturated heterocycles. The zero-order valence-electron chi connectivity index (χ0n) is 8.80. The molecule has 16 heavy (non-hydrogen) atoms. The van der Waals surface area contributed by atoms with Crippen molar-refractivity contribution in [2.45, 2.75) is 12.8 Å². The lowest BCUT2D eigenvalue weighted by Gasteiger charge is -2.17. The SMILES string of the molecule is CC(C=O)C(C[N+](=O)[O-])c1ccccc1Cl. The molecule has 0 spiro atoms. The zero-order valence-corrected chi connectivity index (χ0v) is 9.55. The Bertz CT molecular complexity index is 395. The van der Waals surface area contributed by atoms with Crippen LogP contribution in [-0.2, 0) is 4.79 Å². The van der Waals surface area contributed by atoms with Gasteiger partial charge in [0.05, 0.1) is 5.92 Å². The van der Waals surface area contributed by atoms with E-state index >= 15 is 0 Å². The second kappa shape index (κ2) is 5.61. The highest BCUT2D eigenvalue weighted by Gasteiger charge is 2.25. The first-order chi connectivity index (χ1) is 7.56. The van der Waals surface area contributed by atoms with Crippen molar-refractivity contribution in [3.63, 3.8) is 0 Å². The molecule has 2 atom stereocenters. The Morgan fingerprint density at radius 3 is 2.62 bits per heavy atom. The van der Waals surface area contributed by atoms with Crippen LogP contribution < -0.4 is 0 Å². The zero-order chi connectivity index (χ0) is 12.1. The molecule has 0 fully saturated rings. The summed E-state index contributed by atoms with van der Waals surface area (Å²) in [6.45, 7) is 1.37. The van der Waals surface area contributed by atoms with Crippen LogP contribution in [0.3, 0.4) is 0 Å². The minimum absolute atomic E-state index is 0.288. The maximum absolute atomic E-state index is 10.7. The van der Waals surface area contributed by atoms with E-state index in [1.807, 2.05) is 0 Å². The minimum Gasteiger partial charge on any atom is -0.303 e. The number of carbonyl (C=O) groups excluding carboxylic acids is 1. The molecule has 2 unspecified atom stereocenters. The number of halogens is 1. The number of hydrogen-bond donors (Lipinski definition) is 0. The second-order valence-corrected chi connectivity index (χ2v) is 4.05. The molecule has 1 aromatic carbocycles. The molecule has 1 aromatic rings. The van der Waals surface area contributed by atoms with Crippen LogP contribution in [0.2, 0.25) is 5.02 Å². The lowest BCUT2D eigenvalue weighted by Crippen LogP contribution is -2.20. The molecule has 0 aliphatic rings. The van der Waals surface area contributed by atoms with Crippen LogP contribution in [0, 0.1) is 16.0 Å². The van der Waals surface area contributed by atoms with Crippen LogP contribution >= 0.6 is 11.6 Å². The van der Waals surface area contributed by atoms with Gasteiger partial charge in [-0.25, -0.2) is 0 Å². The molecule has 0 aliphatic carbocycles. The van der Waals surface area contributed by atoms with Gasteiger partial charge >= 0.3 is 0 Å². The number of nitro groups is 1. The lowest BCUT2D eigenvalue weighted by molar-refractivity contribution is -0.484. The third-order valence-electron chi connectivity index (χ3n) is 2.50. The Balaban J connectivity index is 3.05. The molecule has 0 heterocycles. The number of rotatable bonds is 5. The van der Waals surface area contributed by atoms with Gasteiger partial charge in [-0.05, 0) is 11.6 Å². The standard InChI is InChI=1S/C11H12ClNO3/c1-8(7-14)10(6-13(15)16)9-4-2-3-5-11(9)12/h2-5,7-8,10H,6H2,1H3. The largest absolute Gasteiger partial charge is 0.303 e. The summed E-state index contributed by atoms with van der Waals surface area (Å²) in [7, 11) is 0. The van der Waals surface area contributed by atoms with Crippen LogP contribution in [0.1, 0.15) is 18.4 Å². The molecule has 0 radical (unpaired) electrons. The summed E-state index contributed by atoms with van der Waals surface area (Å²) in [5.74, 6) is -0.897. The summed E-state index contributed by atoms with van der Waals surface area (Å²) in [4.78, 5) is 20.9. The molecule has 86 valence electrons. The average Bonchev–Trinajstić information content (AvgIpc) is 2.26. The fraction of sp³-hybridized carbons (Fsp3) is 0.364. The first-order valence-corrected chi connectivity index (χ1v) is 5.25. The van der Waals surface area contributed by atoms with Gasteiger partial charge in [-0.1, -0.05) is 36.7 Å². The summed E-state index contributed by atoms with van der Waals surface area (Å²) in [5, 5.41) is 11.0. The normalized spacial score (nSPS) is 14.1. The molecule has 0 bridgehead atoms. The highest BCUT2D eigenvalue weighted by atomic mass is 35.5. The first-order valence-electron chi connectivity index (χ1n) is 4.87. The summed E-state index contributed by atoms with van der Waals surface area (Å²) in [6.07, 6.45) is 0.720. The van der Waals surface area contributed by atoms with Gasteiger partial charge in [0.2, 0.25) is 6.54 Å². The fourth-order valence-electron chi connectivity index (χ4n) is 1.58. The molecule has 5 heteroatoms. The summed E-state index contributed by atoms with van der Waals surface area (Å²) < 4.78 is 0. The van der Waals surface area contributed by atoms with E-state index in [9.17, 15) is 14.9 Å². The molecule has 0 aromatic heterocycles. The van der Waals surface area contributed by atoms with Gasteiger partial charge in [-0.2, -0.15) is 0 Å². The predicted octanol–water partition coefficient (Wildman–Crippen LogP) is 2.54. The molecule has 0 aliphatic heterocycles. The van der Waals surface area contributed by atoms with Gasteiger partial charge < -0.3 is 4.79 Å². The van der Waals surface area contributed by atoms with Crippen molar-refractivity contribution in [1.29, 1.82) is 0 Å². The van der Waals surface area contributed by atoms with Crippen LogP contribution in [0.5, 0.6) is 0 Å². The third-order valence-corrected chi connectivity index (χ3v) is 2.84. The van der Waals surface area contributed by atoms with Gasteiger partial charge in [0.1, 0.15) is 6.29 Å². The van der Waals surface area contributed by atoms with Crippen molar-refractivity contribution >= 4 is 17.9 Å². The smallest absolute Gasteiger partial charge is 0.211 e. The van der Waals surface area contributed by atoms with Gasteiger partial charge in [0.15, 0.2) is 0 Å². The molecular weight excluding hydrogens is 230 g/mol. The van der Waals surface area contributed by atoms with E-state index in [0.717, 1.165) is 6.29 Å². The number of nitrogens with zero attached hydrogens (tertiary/aromatic N) is 1. The maximum Gasteiger partial charge on any atom is 0.211 e. The Labute approximate surface area is 98.4 Å². The fourth-order valence-corrected chi connectivity index (χ4v) is 1.85. The average molecular weight is 242 g/mol. The number of carbonyl (C=O) groups is 1. The van der Waals surface area contributed by atoms with Gasteiger partial charge in [0, 0.05) is 15.9 Å². The van der Waals surface area contributed by atoms with Crippen molar-refractivity contribution < 1.29 is 9.72 Å². The van der Waals surface area contributed by atoms with Crippen molar-refractivity contribution in [3.8, 4) is 0 Å². The van der Waals surface area contributed by atoms with Gasteiger partial charge in [-0.3, -0.25) is 10.1 Å². The third kappa shape index (κ3) is 3.03. The van der Waals surface area contributed by atoms with E-state index in [0.29, 0.717) is 10.6 Å². The molecule has 0 amide bonds. The Hall–Kier alpha value is -1.42. The van der Waals surface area contributed by atoms with E-state index in [2.05, 4.69) is 0 Å². The number of benzene rings is 1. The quantitative estimate of drug-likeness (QED) is 0.452.